The number of ether oxygens (including phenoxy) is 1. The van der Waals surface area contributed by atoms with Crippen molar-refractivity contribution < 1.29 is 9.53 Å². The molecule has 1 heterocycles. The van der Waals surface area contributed by atoms with E-state index in [-0.39, 0.29) is 11.9 Å². The van der Waals surface area contributed by atoms with Gasteiger partial charge in [0.05, 0.1) is 12.6 Å². The largest absolute Gasteiger partial charge is 0.380 e. The Bertz CT molecular complexity index is 197. The SMILES string of the molecule is CCOC[C@@H]1CCCN1C(=O)[C@H](C)Cl. The van der Waals surface area contributed by atoms with Gasteiger partial charge >= 0.3 is 0 Å². The molecule has 14 heavy (non-hydrogen) atoms. The van der Waals surface area contributed by atoms with Crippen LogP contribution in [0.1, 0.15) is 26.7 Å². The Kier molecular flexibility index (Phi) is 4.69. The summed E-state index contributed by atoms with van der Waals surface area (Å²) < 4.78 is 5.34. The predicted molar refractivity (Wildman–Crippen MR) is 56.5 cm³/mol. The number of alkyl halides is 1. The maximum atomic E-state index is 11.7. The lowest BCUT2D eigenvalue weighted by Crippen LogP contribution is -2.41. The van der Waals surface area contributed by atoms with Crippen molar-refractivity contribution in [3.63, 3.8) is 0 Å². The number of carbonyl (C=O) groups is 1. The minimum absolute atomic E-state index is 0.0360. The molecular formula is C10H18ClNO2. The van der Waals surface area contributed by atoms with Crippen LogP contribution in [0.15, 0.2) is 0 Å². The summed E-state index contributed by atoms with van der Waals surface area (Å²) in [5, 5.41) is -0.419. The monoisotopic (exact) mass is 219 g/mol. The molecule has 1 rings (SSSR count). The van der Waals surface area contributed by atoms with Gasteiger partial charge in [-0.3, -0.25) is 4.79 Å². The summed E-state index contributed by atoms with van der Waals surface area (Å²) in [6.07, 6.45) is 2.10. The minimum Gasteiger partial charge on any atom is -0.380 e. The molecule has 1 aliphatic rings. The molecule has 1 fully saturated rings. The van der Waals surface area contributed by atoms with Crippen LogP contribution in [0.2, 0.25) is 0 Å². The molecule has 0 unspecified atom stereocenters. The van der Waals surface area contributed by atoms with Gasteiger partial charge < -0.3 is 9.64 Å². The molecule has 1 saturated heterocycles. The number of amides is 1. The van der Waals surface area contributed by atoms with E-state index in [4.69, 9.17) is 16.3 Å². The van der Waals surface area contributed by atoms with E-state index in [1.807, 2.05) is 11.8 Å². The Balaban J connectivity index is 2.46. The van der Waals surface area contributed by atoms with E-state index in [0.29, 0.717) is 13.2 Å². The normalized spacial score (nSPS) is 23.9. The average Bonchev–Trinajstić information content (AvgIpc) is 2.61. The van der Waals surface area contributed by atoms with Crippen LogP contribution in [0.5, 0.6) is 0 Å². The maximum absolute atomic E-state index is 11.7. The van der Waals surface area contributed by atoms with E-state index in [1.54, 1.807) is 6.92 Å². The molecule has 0 aromatic rings. The Morgan fingerprint density at radius 1 is 1.71 bits per heavy atom. The molecule has 0 aromatic carbocycles. The lowest BCUT2D eigenvalue weighted by atomic mass is 10.2. The van der Waals surface area contributed by atoms with Gasteiger partial charge in [-0.2, -0.15) is 0 Å². The topological polar surface area (TPSA) is 29.5 Å². The van der Waals surface area contributed by atoms with E-state index in [2.05, 4.69) is 0 Å². The molecule has 3 nitrogen and oxygen atoms in total. The first kappa shape index (κ1) is 11.8. The number of halogens is 1. The van der Waals surface area contributed by atoms with E-state index in [9.17, 15) is 4.79 Å². The molecule has 0 aromatic heterocycles. The Morgan fingerprint density at radius 2 is 2.43 bits per heavy atom. The summed E-state index contributed by atoms with van der Waals surface area (Å²) in [6, 6.07) is 0.239. The highest BCUT2D eigenvalue weighted by Crippen LogP contribution is 2.19. The van der Waals surface area contributed by atoms with Gasteiger partial charge in [0, 0.05) is 13.2 Å². The molecule has 1 aliphatic heterocycles. The zero-order valence-electron chi connectivity index (χ0n) is 8.83. The van der Waals surface area contributed by atoms with Gasteiger partial charge in [-0.15, -0.1) is 11.6 Å². The number of hydrogen-bond acceptors (Lipinski definition) is 2. The first-order valence-electron chi connectivity index (χ1n) is 5.19. The summed E-state index contributed by atoms with van der Waals surface area (Å²) in [5.74, 6) is 0.0360. The third-order valence-electron chi connectivity index (χ3n) is 2.51. The predicted octanol–water partition coefficient (Wildman–Crippen LogP) is 1.64. The number of carbonyl (C=O) groups excluding carboxylic acids is 1. The molecule has 1 amide bonds. The highest BCUT2D eigenvalue weighted by molar-refractivity contribution is 6.30. The van der Waals surface area contributed by atoms with Crippen molar-refractivity contribution in [1.82, 2.24) is 4.90 Å². The molecule has 2 atom stereocenters. The zero-order valence-corrected chi connectivity index (χ0v) is 9.59. The second-order valence-electron chi connectivity index (χ2n) is 3.60. The van der Waals surface area contributed by atoms with Gasteiger partial charge in [-0.05, 0) is 26.7 Å². The Morgan fingerprint density at radius 3 is 3.00 bits per heavy atom. The summed E-state index contributed by atoms with van der Waals surface area (Å²) >= 11 is 5.78. The van der Waals surface area contributed by atoms with E-state index in [1.165, 1.54) is 0 Å². The zero-order chi connectivity index (χ0) is 10.6. The van der Waals surface area contributed by atoms with Crippen molar-refractivity contribution in [2.24, 2.45) is 0 Å². The van der Waals surface area contributed by atoms with Crippen molar-refractivity contribution in [2.75, 3.05) is 19.8 Å². The number of hydrogen-bond donors (Lipinski definition) is 0. The van der Waals surface area contributed by atoms with Gasteiger partial charge in [0.15, 0.2) is 0 Å². The quantitative estimate of drug-likeness (QED) is 0.673. The molecular weight excluding hydrogens is 202 g/mol. The van der Waals surface area contributed by atoms with Crippen LogP contribution in [-0.2, 0) is 9.53 Å². The van der Waals surface area contributed by atoms with Gasteiger partial charge in [0.1, 0.15) is 5.38 Å². The third-order valence-corrected chi connectivity index (χ3v) is 2.70. The van der Waals surface area contributed by atoms with Crippen LogP contribution in [-0.4, -0.2) is 42.0 Å². The highest BCUT2D eigenvalue weighted by atomic mass is 35.5. The number of nitrogens with zero attached hydrogens (tertiary/aromatic N) is 1. The van der Waals surface area contributed by atoms with Crippen molar-refractivity contribution in [3.05, 3.63) is 0 Å². The van der Waals surface area contributed by atoms with Crippen molar-refractivity contribution in [1.29, 1.82) is 0 Å². The average molecular weight is 220 g/mol. The van der Waals surface area contributed by atoms with Gasteiger partial charge in [-0.25, -0.2) is 0 Å². The van der Waals surface area contributed by atoms with Crippen LogP contribution in [0, 0.1) is 0 Å². The molecule has 0 saturated carbocycles. The minimum atomic E-state index is -0.419. The standard InChI is InChI=1S/C10H18ClNO2/c1-3-14-7-9-5-4-6-12(9)10(13)8(2)11/h8-9H,3-7H2,1-2H3/t8-,9-/m0/s1. The van der Waals surface area contributed by atoms with E-state index >= 15 is 0 Å². The fourth-order valence-electron chi connectivity index (χ4n) is 1.78. The smallest absolute Gasteiger partial charge is 0.240 e. The molecule has 4 heteroatoms. The molecule has 0 aliphatic carbocycles. The van der Waals surface area contributed by atoms with Gasteiger partial charge in [0.25, 0.3) is 0 Å². The lowest BCUT2D eigenvalue weighted by Gasteiger charge is -2.25. The lowest BCUT2D eigenvalue weighted by molar-refractivity contribution is -0.132. The fraction of sp³-hybridized carbons (Fsp3) is 0.900. The van der Waals surface area contributed by atoms with Crippen LogP contribution in [0.3, 0.4) is 0 Å². The van der Waals surface area contributed by atoms with Crippen LogP contribution in [0.4, 0.5) is 0 Å². The van der Waals surface area contributed by atoms with Gasteiger partial charge in [-0.1, -0.05) is 0 Å². The second kappa shape index (κ2) is 5.56. The molecule has 0 radical (unpaired) electrons. The number of likely N-dealkylation sites (tertiary alicyclic amines) is 1. The first-order valence-corrected chi connectivity index (χ1v) is 5.62. The molecule has 0 N–H and O–H groups in total. The van der Waals surface area contributed by atoms with Gasteiger partial charge in [0.2, 0.25) is 5.91 Å². The second-order valence-corrected chi connectivity index (χ2v) is 4.26. The molecule has 82 valence electrons. The maximum Gasteiger partial charge on any atom is 0.240 e. The summed E-state index contributed by atoms with van der Waals surface area (Å²) in [7, 11) is 0. The van der Waals surface area contributed by atoms with Crippen molar-refractivity contribution in [3.8, 4) is 0 Å². The Hall–Kier alpha value is -0.280. The number of rotatable bonds is 4. The van der Waals surface area contributed by atoms with Crippen LogP contribution in [0.25, 0.3) is 0 Å². The summed E-state index contributed by atoms with van der Waals surface area (Å²) in [5.41, 5.74) is 0. The Labute approximate surface area is 90.4 Å². The first-order chi connectivity index (χ1) is 6.66. The van der Waals surface area contributed by atoms with Crippen LogP contribution < -0.4 is 0 Å². The molecule has 0 spiro atoms. The van der Waals surface area contributed by atoms with Crippen LogP contribution >= 0.6 is 11.6 Å². The van der Waals surface area contributed by atoms with E-state index in [0.717, 1.165) is 19.4 Å². The highest BCUT2D eigenvalue weighted by Gasteiger charge is 2.30. The summed E-state index contributed by atoms with van der Waals surface area (Å²) in [4.78, 5) is 13.5. The third kappa shape index (κ3) is 2.85. The molecule has 0 bridgehead atoms. The fourth-order valence-corrected chi connectivity index (χ4v) is 1.91. The van der Waals surface area contributed by atoms with Crippen molar-refractivity contribution in [2.45, 2.75) is 38.1 Å². The van der Waals surface area contributed by atoms with Crippen molar-refractivity contribution >= 4 is 17.5 Å². The summed E-state index contributed by atoms with van der Waals surface area (Å²) in [6.45, 7) is 5.86. The van der Waals surface area contributed by atoms with E-state index < -0.39 is 5.38 Å².